The predicted octanol–water partition coefficient (Wildman–Crippen LogP) is 5.23. The van der Waals surface area contributed by atoms with E-state index >= 15 is 0 Å². The van der Waals surface area contributed by atoms with Gasteiger partial charge in [0.15, 0.2) is 0 Å². The second kappa shape index (κ2) is 20.2. The summed E-state index contributed by atoms with van der Waals surface area (Å²) in [7, 11) is 0. The predicted molar refractivity (Wildman–Crippen MR) is 165 cm³/mol. The third kappa shape index (κ3) is 17.2. The number of esters is 1. The lowest BCUT2D eigenvalue weighted by atomic mass is 9.95. The van der Waals surface area contributed by atoms with Gasteiger partial charge < -0.3 is 30.7 Å². The van der Waals surface area contributed by atoms with Gasteiger partial charge >= 0.3 is 12.1 Å². The van der Waals surface area contributed by atoms with Crippen molar-refractivity contribution in [2.24, 2.45) is 11.7 Å². The summed E-state index contributed by atoms with van der Waals surface area (Å²) in [5.74, 6) is -0.706. The largest absolute Gasteiger partial charge is 0.458 e. The van der Waals surface area contributed by atoms with Gasteiger partial charge in [0.25, 0.3) is 0 Å². The first-order chi connectivity index (χ1) is 19.9. The van der Waals surface area contributed by atoms with Gasteiger partial charge in [-0.3, -0.25) is 4.79 Å². The van der Waals surface area contributed by atoms with Gasteiger partial charge in [0.1, 0.15) is 18.3 Å². The van der Waals surface area contributed by atoms with Gasteiger partial charge in [-0.25, -0.2) is 9.59 Å². The molecule has 0 aromatic heterocycles. The fourth-order valence-corrected chi connectivity index (χ4v) is 4.20. The molecule has 5 atom stereocenters. The quantitative estimate of drug-likeness (QED) is 0.182. The Bertz CT molecular complexity index is 1080. The van der Waals surface area contributed by atoms with Crippen molar-refractivity contribution in [3.8, 4) is 0 Å². The van der Waals surface area contributed by atoms with Gasteiger partial charge in [0.05, 0.1) is 6.10 Å². The molecule has 1 aliphatic rings. The van der Waals surface area contributed by atoms with E-state index in [2.05, 4.69) is 11.9 Å². The highest BCUT2D eigenvalue weighted by molar-refractivity contribution is 5.82. The SMILES string of the molecule is C=C(C)CC(=O)N/C=C/C(C)=C/[C@@H](C)[C@H]1CC(C)=CC=CCC[C@H](OC(N)=O)[C@@H](O)C=C[C@@H](O)CCCC=CC(=O)O1. The fraction of sp³-hybridized carbons (Fsp3) is 0.485. The number of nitrogens with one attached hydrogen (secondary N) is 1. The molecule has 0 spiro atoms. The number of rotatable bonds is 7. The second-order valence-electron chi connectivity index (χ2n) is 10.8. The number of aliphatic hydroxyl groups excluding tert-OH is 2. The van der Waals surface area contributed by atoms with Gasteiger partial charge in [0, 0.05) is 31.0 Å². The van der Waals surface area contributed by atoms with Gasteiger partial charge in [-0.05, 0) is 59.0 Å². The Balaban J connectivity index is 3.08. The average molecular weight is 585 g/mol. The number of nitrogens with two attached hydrogens (primary N) is 1. The average Bonchev–Trinajstić information content (AvgIpc) is 2.89. The van der Waals surface area contributed by atoms with Crippen LogP contribution in [0, 0.1) is 5.92 Å². The molecule has 0 bridgehead atoms. The molecule has 1 heterocycles. The van der Waals surface area contributed by atoms with E-state index in [-0.39, 0.29) is 18.2 Å². The van der Waals surface area contributed by atoms with Gasteiger partial charge in [-0.2, -0.15) is 0 Å². The van der Waals surface area contributed by atoms with Crippen LogP contribution in [0.4, 0.5) is 4.79 Å². The van der Waals surface area contributed by atoms with Gasteiger partial charge in [-0.15, -0.1) is 0 Å². The number of hydrogen-bond acceptors (Lipinski definition) is 7. The lowest BCUT2D eigenvalue weighted by Crippen LogP contribution is -2.32. The molecule has 232 valence electrons. The number of carbonyl (C=O) groups excluding carboxylic acids is 3. The molecule has 9 heteroatoms. The Morgan fingerprint density at radius 3 is 2.64 bits per heavy atom. The fourth-order valence-electron chi connectivity index (χ4n) is 4.20. The molecule has 0 aliphatic carbocycles. The summed E-state index contributed by atoms with van der Waals surface area (Å²) < 4.78 is 10.9. The topological polar surface area (TPSA) is 148 Å². The van der Waals surface area contributed by atoms with Crippen LogP contribution in [0.15, 0.2) is 84.2 Å². The Labute approximate surface area is 250 Å². The highest BCUT2D eigenvalue weighted by Crippen LogP contribution is 2.21. The van der Waals surface area contributed by atoms with Crippen molar-refractivity contribution in [2.75, 3.05) is 0 Å². The number of aliphatic hydroxyl groups is 2. The third-order valence-electron chi connectivity index (χ3n) is 6.39. The summed E-state index contributed by atoms with van der Waals surface area (Å²) in [6, 6.07) is 0. The zero-order valence-electron chi connectivity index (χ0n) is 25.3. The van der Waals surface area contributed by atoms with Crippen molar-refractivity contribution in [1.82, 2.24) is 5.32 Å². The molecule has 0 aromatic carbocycles. The van der Waals surface area contributed by atoms with E-state index in [1.807, 2.05) is 45.1 Å². The molecular weight excluding hydrogens is 536 g/mol. The Hall–Kier alpha value is -3.69. The van der Waals surface area contributed by atoms with Gasteiger partial charge in [0.2, 0.25) is 5.91 Å². The number of ether oxygens (including phenoxy) is 2. The van der Waals surface area contributed by atoms with Crippen molar-refractivity contribution in [1.29, 1.82) is 0 Å². The molecule has 0 unspecified atom stereocenters. The van der Waals surface area contributed by atoms with Crippen LogP contribution in [-0.2, 0) is 19.1 Å². The molecule has 0 saturated heterocycles. The van der Waals surface area contributed by atoms with E-state index in [1.54, 1.807) is 25.3 Å². The molecule has 0 aromatic rings. The standard InChI is InChI=1S/C33H48N2O7/c1-23(2)20-31(38)35-19-18-25(4)21-26(5)30-22-24(3)12-8-6-10-14-29(42-33(34)40)28(37)17-16-27(36)13-9-7-11-15-32(39)41-30/h6,8,11-12,15-19,21,26-30,36-37H,1,7,9-10,13-14,20,22H2,2-5H3,(H2,34,40)(H,35,38)/b8-6?,15-11?,17-16?,19-18+,24-12?,25-21+/t26-,27+,28+,29+,30-/m1/s1. The summed E-state index contributed by atoms with van der Waals surface area (Å²) in [6.45, 7) is 11.4. The van der Waals surface area contributed by atoms with E-state index in [4.69, 9.17) is 15.2 Å². The lowest BCUT2D eigenvalue weighted by molar-refractivity contribution is -0.144. The van der Waals surface area contributed by atoms with Crippen LogP contribution in [0.3, 0.4) is 0 Å². The Morgan fingerprint density at radius 1 is 1.21 bits per heavy atom. The van der Waals surface area contributed by atoms with Crippen molar-refractivity contribution >= 4 is 18.0 Å². The molecule has 0 fully saturated rings. The summed E-state index contributed by atoms with van der Waals surface area (Å²) in [4.78, 5) is 35.8. The second-order valence-corrected chi connectivity index (χ2v) is 10.8. The van der Waals surface area contributed by atoms with Crippen molar-refractivity contribution in [3.05, 3.63) is 84.2 Å². The summed E-state index contributed by atoms with van der Waals surface area (Å²) in [5.41, 5.74) is 7.85. The highest BCUT2D eigenvalue weighted by Gasteiger charge is 2.21. The van der Waals surface area contributed by atoms with E-state index < -0.39 is 36.5 Å². The maximum atomic E-state index is 12.6. The minimum atomic E-state index is -1.11. The number of allylic oxidation sites excluding steroid dienone is 6. The van der Waals surface area contributed by atoms with Crippen LogP contribution in [0.25, 0.3) is 0 Å². The van der Waals surface area contributed by atoms with E-state index in [0.29, 0.717) is 38.5 Å². The summed E-state index contributed by atoms with van der Waals surface area (Å²) in [6.07, 6.45) is 16.0. The molecule has 0 radical (unpaired) electrons. The maximum absolute atomic E-state index is 12.6. The number of carbonyl (C=O) groups is 3. The number of cyclic esters (lactones) is 1. The summed E-state index contributed by atoms with van der Waals surface area (Å²) >= 11 is 0. The maximum Gasteiger partial charge on any atom is 0.404 e. The molecule has 42 heavy (non-hydrogen) atoms. The number of primary amides is 1. The monoisotopic (exact) mass is 584 g/mol. The number of hydrogen-bond donors (Lipinski definition) is 4. The first kappa shape index (κ1) is 36.3. The van der Waals surface area contributed by atoms with Crippen LogP contribution in [0.5, 0.6) is 0 Å². The first-order valence-corrected chi connectivity index (χ1v) is 14.4. The molecule has 9 nitrogen and oxygen atoms in total. The molecule has 5 N–H and O–H groups in total. The van der Waals surface area contributed by atoms with Crippen molar-refractivity contribution in [3.63, 3.8) is 0 Å². The molecule has 1 aliphatic heterocycles. The molecular formula is C33H48N2O7. The van der Waals surface area contributed by atoms with Crippen LogP contribution in [0.2, 0.25) is 0 Å². The minimum Gasteiger partial charge on any atom is -0.458 e. The summed E-state index contributed by atoms with van der Waals surface area (Å²) in [5, 5.41) is 23.4. The van der Waals surface area contributed by atoms with E-state index in [0.717, 1.165) is 16.7 Å². The Morgan fingerprint density at radius 2 is 1.95 bits per heavy atom. The zero-order chi connectivity index (χ0) is 31.5. The highest BCUT2D eigenvalue weighted by atomic mass is 16.6. The van der Waals surface area contributed by atoms with Gasteiger partial charge in [-0.1, -0.05) is 72.8 Å². The van der Waals surface area contributed by atoms with E-state index in [9.17, 15) is 24.6 Å². The van der Waals surface area contributed by atoms with Crippen molar-refractivity contribution < 1.29 is 34.1 Å². The molecule has 0 saturated carbocycles. The van der Waals surface area contributed by atoms with E-state index in [1.165, 1.54) is 18.2 Å². The Kier molecular flexibility index (Phi) is 17.5. The number of amides is 2. The van der Waals surface area contributed by atoms with Crippen molar-refractivity contribution in [2.45, 2.75) is 97.1 Å². The normalized spacial score (nSPS) is 24.4. The van der Waals surface area contributed by atoms with Crippen LogP contribution in [-0.4, -0.2) is 52.6 Å². The minimum absolute atomic E-state index is 0.126. The first-order valence-electron chi connectivity index (χ1n) is 14.4. The molecule has 2 amide bonds. The van der Waals surface area contributed by atoms with Crippen LogP contribution in [0.1, 0.15) is 72.6 Å². The third-order valence-corrected chi connectivity index (χ3v) is 6.39. The zero-order valence-corrected chi connectivity index (χ0v) is 25.3. The molecule has 1 rings (SSSR count). The smallest absolute Gasteiger partial charge is 0.404 e. The van der Waals surface area contributed by atoms with Crippen LogP contribution < -0.4 is 11.1 Å². The van der Waals surface area contributed by atoms with Crippen LogP contribution >= 0.6 is 0 Å². The lowest BCUT2D eigenvalue weighted by Gasteiger charge is -2.22.